The zero-order valence-electron chi connectivity index (χ0n) is 14.4. The standard InChI is InChI=1S/C17H25BrN2O3.2ClH/c1-22-14-3-2-13(18)15(17(14)21)16(12-4-10-23-11-5-12)20-8-6-19-7-9-20;;/h2-3,12,16,19,21H,4-11H2,1H3;2*1H/t16-;;/m1../s1. The van der Waals surface area contributed by atoms with Crippen LogP contribution in [0.5, 0.6) is 11.5 Å². The van der Waals surface area contributed by atoms with E-state index in [4.69, 9.17) is 9.47 Å². The molecule has 8 heteroatoms. The summed E-state index contributed by atoms with van der Waals surface area (Å²) in [4.78, 5) is 2.49. The predicted molar refractivity (Wildman–Crippen MR) is 108 cm³/mol. The maximum Gasteiger partial charge on any atom is 0.163 e. The smallest absolute Gasteiger partial charge is 0.163 e. The molecule has 144 valence electrons. The number of nitrogens with zero attached hydrogens (tertiary/aromatic N) is 1. The van der Waals surface area contributed by atoms with E-state index in [1.165, 1.54) is 0 Å². The molecule has 2 heterocycles. The summed E-state index contributed by atoms with van der Waals surface area (Å²) in [5, 5.41) is 14.2. The number of rotatable bonds is 4. The number of hydrogen-bond acceptors (Lipinski definition) is 5. The first-order valence-electron chi connectivity index (χ1n) is 8.30. The highest BCUT2D eigenvalue weighted by Gasteiger charge is 2.35. The number of phenolic OH excluding ortho intramolecular Hbond substituents is 1. The van der Waals surface area contributed by atoms with Crippen molar-refractivity contribution in [3.05, 3.63) is 22.2 Å². The van der Waals surface area contributed by atoms with Gasteiger partial charge in [0.2, 0.25) is 0 Å². The molecular weight excluding hydrogens is 431 g/mol. The highest BCUT2D eigenvalue weighted by Crippen LogP contribution is 2.46. The van der Waals surface area contributed by atoms with Crippen LogP contribution < -0.4 is 10.1 Å². The van der Waals surface area contributed by atoms with Crippen molar-refractivity contribution < 1.29 is 14.6 Å². The Kier molecular flexibility index (Phi) is 9.85. The third kappa shape index (κ3) is 5.15. The first-order chi connectivity index (χ1) is 11.2. The van der Waals surface area contributed by atoms with Gasteiger partial charge in [-0.2, -0.15) is 0 Å². The fourth-order valence-electron chi connectivity index (χ4n) is 3.72. The van der Waals surface area contributed by atoms with E-state index in [2.05, 4.69) is 26.1 Å². The van der Waals surface area contributed by atoms with Crippen LogP contribution in [0.25, 0.3) is 0 Å². The molecule has 1 atom stereocenters. The van der Waals surface area contributed by atoms with Gasteiger partial charge < -0.3 is 19.9 Å². The van der Waals surface area contributed by atoms with Crippen molar-refractivity contribution in [2.45, 2.75) is 18.9 Å². The van der Waals surface area contributed by atoms with E-state index >= 15 is 0 Å². The molecule has 2 aliphatic rings. The average Bonchev–Trinajstić information content (AvgIpc) is 2.60. The lowest BCUT2D eigenvalue weighted by Gasteiger charge is -2.41. The van der Waals surface area contributed by atoms with Gasteiger partial charge in [0, 0.05) is 55.5 Å². The Labute approximate surface area is 170 Å². The fraction of sp³-hybridized carbons (Fsp3) is 0.647. The summed E-state index contributed by atoms with van der Waals surface area (Å²) in [7, 11) is 1.60. The van der Waals surface area contributed by atoms with Crippen molar-refractivity contribution in [2.24, 2.45) is 5.92 Å². The molecule has 25 heavy (non-hydrogen) atoms. The summed E-state index contributed by atoms with van der Waals surface area (Å²) in [6.07, 6.45) is 2.05. The van der Waals surface area contributed by atoms with Crippen LogP contribution in [0.2, 0.25) is 0 Å². The van der Waals surface area contributed by atoms with Crippen molar-refractivity contribution in [3.63, 3.8) is 0 Å². The molecule has 3 rings (SSSR count). The van der Waals surface area contributed by atoms with Crippen LogP contribution in [0.4, 0.5) is 0 Å². The summed E-state index contributed by atoms with van der Waals surface area (Å²) in [6, 6.07) is 3.97. The van der Waals surface area contributed by atoms with Crippen LogP contribution in [0, 0.1) is 5.92 Å². The minimum absolute atomic E-state index is 0. The van der Waals surface area contributed by atoms with Crippen LogP contribution in [0.1, 0.15) is 24.4 Å². The van der Waals surface area contributed by atoms with Crippen LogP contribution in [-0.2, 0) is 4.74 Å². The van der Waals surface area contributed by atoms with E-state index < -0.39 is 0 Å². The Morgan fingerprint density at radius 2 is 1.88 bits per heavy atom. The first kappa shape index (κ1) is 22.8. The number of nitrogens with one attached hydrogen (secondary N) is 1. The lowest BCUT2D eigenvalue weighted by atomic mass is 9.85. The molecule has 2 N–H and O–H groups in total. The second kappa shape index (κ2) is 10.8. The monoisotopic (exact) mass is 456 g/mol. The highest BCUT2D eigenvalue weighted by molar-refractivity contribution is 9.10. The molecule has 2 saturated heterocycles. The molecular formula is C17H27BrCl2N2O3. The number of methoxy groups -OCH3 is 1. The second-order valence-corrected chi connectivity index (χ2v) is 7.05. The zero-order valence-corrected chi connectivity index (χ0v) is 17.6. The van der Waals surface area contributed by atoms with Crippen molar-refractivity contribution in [1.82, 2.24) is 10.2 Å². The van der Waals surface area contributed by atoms with E-state index in [1.54, 1.807) is 7.11 Å². The molecule has 2 aliphatic heterocycles. The molecule has 0 radical (unpaired) electrons. The van der Waals surface area contributed by atoms with Crippen molar-refractivity contribution in [1.29, 1.82) is 0 Å². The third-order valence-electron chi connectivity index (χ3n) is 4.90. The molecule has 0 bridgehead atoms. The van der Waals surface area contributed by atoms with E-state index in [9.17, 15) is 5.11 Å². The van der Waals surface area contributed by atoms with Gasteiger partial charge in [0.15, 0.2) is 11.5 Å². The molecule has 5 nitrogen and oxygen atoms in total. The van der Waals surface area contributed by atoms with Gasteiger partial charge in [-0.25, -0.2) is 0 Å². The number of piperazine rings is 1. The molecule has 1 aromatic rings. The summed E-state index contributed by atoms with van der Waals surface area (Å²) < 4.78 is 11.8. The Hall–Kier alpha value is -0.240. The third-order valence-corrected chi connectivity index (χ3v) is 5.59. The average molecular weight is 458 g/mol. The molecule has 0 aliphatic carbocycles. The van der Waals surface area contributed by atoms with E-state index in [0.29, 0.717) is 11.7 Å². The Balaban J connectivity index is 0.00000156. The van der Waals surface area contributed by atoms with E-state index in [1.807, 2.05) is 12.1 Å². The predicted octanol–water partition coefficient (Wildman–Crippen LogP) is 3.38. The number of halogens is 3. The molecule has 0 saturated carbocycles. The summed E-state index contributed by atoms with van der Waals surface area (Å²) in [5.41, 5.74) is 0.957. The number of benzene rings is 1. The van der Waals surface area contributed by atoms with Gasteiger partial charge in [-0.3, -0.25) is 4.90 Å². The van der Waals surface area contributed by atoms with Gasteiger partial charge in [0.05, 0.1) is 7.11 Å². The largest absolute Gasteiger partial charge is 0.504 e. The lowest BCUT2D eigenvalue weighted by molar-refractivity contribution is 0.0203. The normalized spacial score (nSPS) is 20.2. The van der Waals surface area contributed by atoms with E-state index in [-0.39, 0.29) is 36.6 Å². The Bertz CT molecular complexity index is 521. The Morgan fingerprint density at radius 3 is 2.48 bits per heavy atom. The zero-order chi connectivity index (χ0) is 16.2. The van der Waals surface area contributed by atoms with Crippen molar-refractivity contribution in [2.75, 3.05) is 46.5 Å². The lowest BCUT2D eigenvalue weighted by Crippen LogP contribution is -2.47. The molecule has 0 spiro atoms. The fourth-order valence-corrected chi connectivity index (χ4v) is 4.27. The van der Waals surface area contributed by atoms with Crippen LogP contribution in [0.15, 0.2) is 16.6 Å². The van der Waals surface area contributed by atoms with Gasteiger partial charge in [-0.15, -0.1) is 24.8 Å². The second-order valence-electron chi connectivity index (χ2n) is 6.19. The topological polar surface area (TPSA) is 54.0 Å². The quantitative estimate of drug-likeness (QED) is 0.725. The first-order valence-corrected chi connectivity index (χ1v) is 9.09. The SMILES string of the molecule is COc1ccc(Br)c([C@@H](C2CCOCC2)N2CCNCC2)c1O.Cl.Cl. The van der Waals surface area contributed by atoms with Gasteiger partial charge in [0.25, 0.3) is 0 Å². The molecule has 1 aromatic carbocycles. The van der Waals surface area contributed by atoms with Crippen LogP contribution in [-0.4, -0.2) is 56.5 Å². The van der Waals surface area contributed by atoms with Gasteiger partial charge >= 0.3 is 0 Å². The molecule has 2 fully saturated rings. The number of ether oxygens (including phenoxy) is 2. The van der Waals surface area contributed by atoms with E-state index in [0.717, 1.165) is 62.3 Å². The molecule has 0 amide bonds. The molecule has 0 unspecified atom stereocenters. The number of hydrogen-bond donors (Lipinski definition) is 2. The number of aromatic hydroxyl groups is 1. The maximum absolute atomic E-state index is 10.8. The summed E-state index contributed by atoms with van der Waals surface area (Å²) in [6.45, 7) is 5.56. The number of phenols is 1. The Morgan fingerprint density at radius 1 is 1.24 bits per heavy atom. The van der Waals surface area contributed by atoms with Crippen LogP contribution in [0.3, 0.4) is 0 Å². The minimum Gasteiger partial charge on any atom is -0.504 e. The van der Waals surface area contributed by atoms with Gasteiger partial charge in [-0.05, 0) is 30.9 Å². The van der Waals surface area contributed by atoms with Gasteiger partial charge in [-0.1, -0.05) is 15.9 Å². The van der Waals surface area contributed by atoms with Crippen molar-refractivity contribution >= 4 is 40.7 Å². The summed E-state index contributed by atoms with van der Waals surface area (Å²) in [5.74, 6) is 1.28. The highest BCUT2D eigenvalue weighted by atomic mass is 79.9. The minimum atomic E-state index is 0. The van der Waals surface area contributed by atoms with Crippen LogP contribution >= 0.6 is 40.7 Å². The summed E-state index contributed by atoms with van der Waals surface area (Å²) >= 11 is 3.66. The van der Waals surface area contributed by atoms with Gasteiger partial charge in [0.1, 0.15) is 0 Å². The van der Waals surface area contributed by atoms with Crippen molar-refractivity contribution in [3.8, 4) is 11.5 Å². The molecule has 0 aromatic heterocycles. The maximum atomic E-state index is 10.8.